The molecule has 0 bridgehead atoms. The Bertz CT molecular complexity index is 210. The molecular formula is C17H34O. The number of aliphatic hydroxyl groups excluding tert-OH is 1. The molecule has 18 heavy (non-hydrogen) atoms. The van der Waals surface area contributed by atoms with Crippen molar-refractivity contribution < 1.29 is 5.11 Å². The molecule has 0 radical (unpaired) electrons. The molecule has 0 amide bonds. The van der Waals surface area contributed by atoms with Crippen LogP contribution in [0.4, 0.5) is 0 Å². The predicted molar refractivity (Wildman–Crippen MR) is 81.8 cm³/mol. The van der Waals surface area contributed by atoms with Crippen LogP contribution in [0.5, 0.6) is 0 Å². The average molecular weight is 254 g/mol. The summed E-state index contributed by atoms with van der Waals surface area (Å²) in [5.41, 5.74) is -0.114. The lowest BCUT2D eigenvalue weighted by Gasteiger charge is -2.33. The zero-order valence-electron chi connectivity index (χ0n) is 13.0. The molecule has 0 unspecified atom stereocenters. The van der Waals surface area contributed by atoms with Crippen molar-refractivity contribution in [1.82, 2.24) is 0 Å². The van der Waals surface area contributed by atoms with E-state index in [0.717, 1.165) is 19.3 Å². The molecule has 0 aromatic heterocycles. The van der Waals surface area contributed by atoms with Crippen LogP contribution in [-0.4, -0.2) is 11.2 Å². The maximum Gasteiger partial charge on any atom is 0.0628 e. The van der Waals surface area contributed by atoms with E-state index in [9.17, 15) is 5.11 Å². The van der Waals surface area contributed by atoms with Crippen molar-refractivity contribution in [3.63, 3.8) is 0 Å². The van der Waals surface area contributed by atoms with Crippen molar-refractivity contribution in [3.05, 3.63) is 12.7 Å². The molecule has 0 fully saturated rings. The second-order valence-corrected chi connectivity index (χ2v) is 6.38. The van der Waals surface area contributed by atoms with Crippen molar-refractivity contribution in [3.8, 4) is 0 Å². The van der Waals surface area contributed by atoms with Gasteiger partial charge in [-0.05, 0) is 18.8 Å². The van der Waals surface area contributed by atoms with Crippen molar-refractivity contribution in [1.29, 1.82) is 0 Å². The van der Waals surface area contributed by atoms with E-state index < -0.39 is 0 Å². The molecule has 0 saturated carbocycles. The molecule has 1 heteroatoms. The molecule has 0 heterocycles. The van der Waals surface area contributed by atoms with Crippen LogP contribution in [0.25, 0.3) is 0 Å². The van der Waals surface area contributed by atoms with Gasteiger partial charge in [0.2, 0.25) is 0 Å². The van der Waals surface area contributed by atoms with Gasteiger partial charge < -0.3 is 5.11 Å². The van der Waals surface area contributed by atoms with Gasteiger partial charge in [-0.2, -0.15) is 0 Å². The van der Waals surface area contributed by atoms with Gasteiger partial charge in [-0.3, -0.25) is 0 Å². The van der Waals surface area contributed by atoms with Gasteiger partial charge >= 0.3 is 0 Å². The van der Waals surface area contributed by atoms with Crippen LogP contribution < -0.4 is 0 Å². The van der Waals surface area contributed by atoms with Gasteiger partial charge in [0.15, 0.2) is 0 Å². The Hall–Kier alpha value is -0.300. The van der Waals surface area contributed by atoms with E-state index >= 15 is 0 Å². The third-order valence-electron chi connectivity index (χ3n) is 3.91. The summed E-state index contributed by atoms with van der Waals surface area (Å²) in [6.45, 7) is 12.7. The lowest BCUT2D eigenvalue weighted by molar-refractivity contribution is 0.0468. The summed E-state index contributed by atoms with van der Waals surface area (Å²) in [7, 11) is 0. The minimum atomic E-state index is -0.233. The quantitative estimate of drug-likeness (QED) is 0.390. The van der Waals surface area contributed by atoms with Crippen molar-refractivity contribution >= 4 is 0 Å². The summed E-state index contributed by atoms with van der Waals surface area (Å²) in [5.74, 6) is 0.604. The Balaban J connectivity index is 3.90. The molecule has 0 rings (SSSR count). The minimum absolute atomic E-state index is 0.114. The second-order valence-electron chi connectivity index (χ2n) is 6.38. The lowest BCUT2D eigenvalue weighted by atomic mass is 9.75. The Kier molecular flexibility index (Phi) is 9.45. The van der Waals surface area contributed by atoms with E-state index in [2.05, 4.69) is 34.3 Å². The lowest BCUT2D eigenvalue weighted by Crippen LogP contribution is -2.31. The summed E-state index contributed by atoms with van der Waals surface area (Å²) in [4.78, 5) is 0. The van der Waals surface area contributed by atoms with Gasteiger partial charge in [0.05, 0.1) is 6.10 Å². The molecule has 0 aromatic rings. The molecule has 108 valence electrons. The highest BCUT2D eigenvalue weighted by Gasteiger charge is 2.29. The van der Waals surface area contributed by atoms with Gasteiger partial charge in [0.1, 0.15) is 0 Å². The summed E-state index contributed by atoms with van der Waals surface area (Å²) in [6, 6.07) is 0. The Morgan fingerprint density at radius 1 is 1.11 bits per heavy atom. The van der Waals surface area contributed by atoms with E-state index in [1.54, 1.807) is 0 Å². The topological polar surface area (TPSA) is 20.2 Å². The van der Waals surface area contributed by atoms with Gasteiger partial charge in [0, 0.05) is 5.41 Å². The first kappa shape index (κ1) is 17.7. The van der Waals surface area contributed by atoms with Crippen LogP contribution in [0, 0.1) is 11.3 Å². The molecule has 1 N–H and O–H groups in total. The number of hydrogen-bond donors (Lipinski definition) is 1. The van der Waals surface area contributed by atoms with E-state index in [-0.39, 0.29) is 11.5 Å². The van der Waals surface area contributed by atoms with Gasteiger partial charge in [-0.15, -0.1) is 6.58 Å². The SMILES string of the molecule is C=C[C@@](C)(CC(C)C)[C@@H](O)CCCCCCCC. The highest BCUT2D eigenvalue weighted by Crippen LogP contribution is 2.33. The zero-order valence-corrected chi connectivity index (χ0v) is 13.0. The van der Waals surface area contributed by atoms with E-state index in [1.807, 2.05) is 6.08 Å². The standard InChI is InChI=1S/C17H34O/c1-6-8-9-10-11-12-13-16(18)17(5,7-2)14-15(3)4/h7,15-16,18H,2,6,8-14H2,1,3-5H3/t16-,17-/m0/s1. The van der Waals surface area contributed by atoms with Crippen molar-refractivity contribution in [2.75, 3.05) is 0 Å². The summed E-state index contributed by atoms with van der Waals surface area (Å²) >= 11 is 0. The van der Waals surface area contributed by atoms with Crippen LogP contribution in [0.1, 0.15) is 79.1 Å². The smallest absolute Gasteiger partial charge is 0.0628 e. The highest BCUT2D eigenvalue weighted by atomic mass is 16.3. The zero-order chi connectivity index (χ0) is 14.0. The van der Waals surface area contributed by atoms with Crippen molar-refractivity contribution in [2.24, 2.45) is 11.3 Å². The number of rotatable bonds is 11. The van der Waals surface area contributed by atoms with Crippen molar-refractivity contribution in [2.45, 2.75) is 85.2 Å². The maximum absolute atomic E-state index is 10.3. The number of aliphatic hydroxyl groups is 1. The van der Waals surface area contributed by atoms with E-state index in [4.69, 9.17) is 0 Å². The average Bonchev–Trinajstić information content (AvgIpc) is 2.32. The predicted octanol–water partition coefficient (Wildman–Crippen LogP) is 5.34. The molecule has 0 aliphatic carbocycles. The number of unbranched alkanes of at least 4 members (excludes halogenated alkanes) is 5. The van der Waals surface area contributed by atoms with Crippen LogP contribution in [0.15, 0.2) is 12.7 Å². The highest BCUT2D eigenvalue weighted by molar-refractivity contribution is 4.97. The minimum Gasteiger partial charge on any atom is -0.392 e. The molecule has 1 nitrogen and oxygen atoms in total. The first-order chi connectivity index (χ1) is 8.46. The summed E-state index contributed by atoms with van der Waals surface area (Å²) in [6.07, 6.45) is 11.4. The van der Waals surface area contributed by atoms with Crippen LogP contribution >= 0.6 is 0 Å². The fraction of sp³-hybridized carbons (Fsp3) is 0.882. The fourth-order valence-corrected chi connectivity index (χ4v) is 2.68. The largest absolute Gasteiger partial charge is 0.392 e. The molecule has 0 aliphatic rings. The van der Waals surface area contributed by atoms with Crippen LogP contribution in [0.3, 0.4) is 0 Å². The van der Waals surface area contributed by atoms with E-state index in [1.165, 1.54) is 32.1 Å². The van der Waals surface area contributed by atoms with Gasteiger partial charge in [-0.1, -0.05) is 72.3 Å². The normalized spacial score (nSPS) is 16.6. The maximum atomic E-state index is 10.3. The third kappa shape index (κ3) is 7.20. The Labute approximate surface area is 115 Å². The summed E-state index contributed by atoms with van der Waals surface area (Å²) in [5, 5.41) is 10.3. The molecular weight excluding hydrogens is 220 g/mol. The first-order valence-electron chi connectivity index (χ1n) is 7.78. The van der Waals surface area contributed by atoms with Crippen LogP contribution in [0.2, 0.25) is 0 Å². The molecule has 0 aliphatic heterocycles. The van der Waals surface area contributed by atoms with Crippen LogP contribution in [-0.2, 0) is 0 Å². The molecule has 0 aromatic carbocycles. The molecule has 0 saturated heterocycles. The second kappa shape index (κ2) is 9.61. The number of hydrogen-bond acceptors (Lipinski definition) is 1. The summed E-state index contributed by atoms with van der Waals surface area (Å²) < 4.78 is 0. The molecule has 0 spiro atoms. The molecule has 2 atom stereocenters. The Morgan fingerprint density at radius 2 is 1.67 bits per heavy atom. The first-order valence-corrected chi connectivity index (χ1v) is 7.78. The van der Waals surface area contributed by atoms with Gasteiger partial charge in [-0.25, -0.2) is 0 Å². The van der Waals surface area contributed by atoms with E-state index in [0.29, 0.717) is 5.92 Å². The third-order valence-corrected chi connectivity index (χ3v) is 3.91. The van der Waals surface area contributed by atoms with Gasteiger partial charge in [0.25, 0.3) is 0 Å². The monoisotopic (exact) mass is 254 g/mol. The Morgan fingerprint density at radius 3 is 2.17 bits per heavy atom. The fourth-order valence-electron chi connectivity index (χ4n) is 2.68.